The van der Waals surface area contributed by atoms with Gasteiger partial charge in [-0.25, -0.2) is 0 Å². The average molecular weight is 242 g/mol. The second-order valence-electron chi connectivity index (χ2n) is 4.32. The lowest BCUT2D eigenvalue weighted by atomic mass is 9.81. The minimum atomic E-state index is 0.108. The van der Waals surface area contributed by atoms with Crippen LogP contribution in [0.1, 0.15) is 46.5 Å². The van der Waals surface area contributed by atoms with Gasteiger partial charge < -0.3 is 0 Å². The zero-order valence-electron chi connectivity index (χ0n) is 10.6. The van der Waals surface area contributed by atoms with Crippen molar-refractivity contribution in [2.45, 2.75) is 46.5 Å². The van der Waals surface area contributed by atoms with Crippen molar-refractivity contribution in [2.24, 2.45) is 15.6 Å². The minimum Gasteiger partial charge on any atom is -0.260 e. The van der Waals surface area contributed by atoms with Crippen LogP contribution in [0.4, 0.5) is 0 Å². The first-order valence-corrected chi connectivity index (χ1v) is 7.10. The van der Waals surface area contributed by atoms with Crippen molar-refractivity contribution >= 4 is 22.8 Å². The molecular weight excluding hydrogens is 220 g/mol. The summed E-state index contributed by atoms with van der Waals surface area (Å²) in [5, 5.41) is 9.44. The lowest BCUT2D eigenvalue weighted by molar-refractivity contribution is 0.382. The Labute approximate surface area is 102 Å². The molecule has 0 aromatic rings. The molecule has 1 atom stereocenters. The van der Waals surface area contributed by atoms with Gasteiger partial charge in [-0.2, -0.15) is 5.10 Å². The molecule has 0 spiro atoms. The third-order valence-corrected chi connectivity index (χ3v) is 3.72. The topological polar surface area (TPSA) is 48.8 Å². The summed E-state index contributed by atoms with van der Waals surface area (Å²) in [4.78, 5) is 0. The molecule has 0 aromatic heterocycles. The van der Waals surface area contributed by atoms with E-state index in [-0.39, 0.29) is 5.41 Å². The van der Waals surface area contributed by atoms with Gasteiger partial charge in [0.1, 0.15) is 5.84 Å². The molecule has 5 heteroatoms. The summed E-state index contributed by atoms with van der Waals surface area (Å²) in [6, 6.07) is 0. The van der Waals surface area contributed by atoms with Crippen LogP contribution in [0.15, 0.2) is 10.2 Å². The highest BCUT2D eigenvalue weighted by Crippen LogP contribution is 2.29. The Morgan fingerprint density at radius 3 is 2.44 bits per heavy atom. The highest BCUT2D eigenvalue weighted by atomic mass is 32.2. The first kappa shape index (κ1) is 13.4. The average Bonchev–Trinajstić information content (AvgIpc) is 2.36. The van der Waals surface area contributed by atoms with Crippen molar-refractivity contribution in [3.63, 3.8) is 0 Å². The molecule has 1 aliphatic heterocycles. The van der Waals surface area contributed by atoms with E-state index in [4.69, 9.17) is 0 Å². The van der Waals surface area contributed by atoms with E-state index in [0.717, 1.165) is 23.8 Å². The second kappa shape index (κ2) is 6.13. The summed E-state index contributed by atoms with van der Waals surface area (Å²) in [5.74, 6) is 0.959. The lowest BCUT2D eigenvalue weighted by Crippen LogP contribution is -2.42. The Bertz CT molecular complexity index is 288. The second-order valence-corrected chi connectivity index (χ2v) is 5.12. The maximum atomic E-state index is 4.38. The van der Waals surface area contributed by atoms with Crippen molar-refractivity contribution in [3.8, 4) is 0 Å². The molecule has 0 fully saturated rings. The van der Waals surface area contributed by atoms with E-state index < -0.39 is 0 Å². The predicted molar refractivity (Wildman–Crippen MR) is 72.6 cm³/mol. The van der Waals surface area contributed by atoms with Crippen LogP contribution in [-0.4, -0.2) is 17.3 Å². The number of amidine groups is 2. The summed E-state index contributed by atoms with van der Waals surface area (Å²) in [5.41, 5.74) is 6.16. The summed E-state index contributed by atoms with van der Waals surface area (Å²) < 4.78 is 0. The van der Waals surface area contributed by atoms with Gasteiger partial charge in [0.2, 0.25) is 5.17 Å². The number of nitrogens with one attached hydrogen (secondary N) is 2. The number of unbranched alkanes of at least 4 members (excludes halogenated alkanes) is 1. The molecule has 0 bridgehead atoms. The molecule has 1 aliphatic rings. The first-order valence-electron chi connectivity index (χ1n) is 5.88. The molecule has 4 nitrogen and oxygen atoms in total. The largest absolute Gasteiger partial charge is 0.260 e. The van der Waals surface area contributed by atoms with Gasteiger partial charge in [-0.05, 0) is 19.1 Å². The summed E-state index contributed by atoms with van der Waals surface area (Å²) >= 11 is 1.55. The fraction of sp³-hybridized carbons (Fsp3) is 0.818. The standard InChI is InChI=1S/C11H22N4S/c1-5-7-8-11(3,6-2)9-12-14-10(16-4)15-13-9/h5-8H2,1-4H3,(H,12,13)(H,14,15). The molecule has 0 radical (unpaired) electrons. The zero-order valence-corrected chi connectivity index (χ0v) is 11.4. The minimum absolute atomic E-state index is 0.108. The van der Waals surface area contributed by atoms with Gasteiger partial charge in [-0.3, -0.25) is 10.9 Å². The predicted octanol–water partition coefficient (Wildman–Crippen LogP) is 2.73. The fourth-order valence-electron chi connectivity index (χ4n) is 1.65. The number of hydrogen-bond acceptors (Lipinski definition) is 5. The number of rotatable bonds is 5. The molecule has 0 aromatic carbocycles. The van der Waals surface area contributed by atoms with E-state index >= 15 is 0 Å². The zero-order chi connectivity index (χ0) is 12.0. The van der Waals surface area contributed by atoms with Crippen molar-refractivity contribution in [1.82, 2.24) is 10.9 Å². The molecule has 16 heavy (non-hydrogen) atoms. The fourth-order valence-corrected chi connectivity index (χ4v) is 1.92. The van der Waals surface area contributed by atoms with Crippen LogP contribution in [0.25, 0.3) is 0 Å². The highest BCUT2D eigenvalue weighted by molar-refractivity contribution is 8.13. The third-order valence-electron chi connectivity index (χ3n) is 3.15. The van der Waals surface area contributed by atoms with E-state index in [1.165, 1.54) is 12.8 Å². The number of hydrazone groups is 2. The molecule has 2 N–H and O–H groups in total. The van der Waals surface area contributed by atoms with Crippen molar-refractivity contribution in [3.05, 3.63) is 0 Å². The quantitative estimate of drug-likeness (QED) is 0.779. The van der Waals surface area contributed by atoms with Crippen LogP contribution in [0.3, 0.4) is 0 Å². The van der Waals surface area contributed by atoms with Gasteiger partial charge in [0.15, 0.2) is 0 Å². The smallest absolute Gasteiger partial charge is 0.200 e. The molecule has 0 aliphatic carbocycles. The van der Waals surface area contributed by atoms with E-state index in [1.807, 2.05) is 6.26 Å². The van der Waals surface area contributed by atoms with Crippen LogP contribution in [-0.2, 0) is 0 Å². The molecule has 0 saturated heterocycles. The lowest BCUT2D eigenvalue weighted by Gasteiger charge is -2.30. The van der Waals surface area contributed by atoms with E-state index in [9.17, 15) is 0 Å². The van der Waals surface area contributed by atoms with Crippen LogP contribution in [0.2, 0.25) is 0 Å². The van der Waals surface area contributed by atoms with Crippen LogP contribution < -0.4 is 10.9 Å². The van der Waals surface area contributed by atoms with Gasteiger partial charge >= 0.3 is 0 Å². The normalized spacial score (nSPS) is 19.0. The van der Waals surface area contributed by atoms with E-state index in [0.29, 0.717) is 0 Å². The summed E-state index contributed by atoms with van der Waals surface area (Å²) in [6.45, 7) is 6.66. The summed E-state index contributed by atoms with van der Waals surface area (Å²) in [7, 11) is 0. The Hall–Kier alpha value is -0.710. The van der Waals surface area contributed by atoms with Gasteiger partial charge in [0.25, 0.3) is 0 Å². The van der Waals surface area contributed by atoms with Crippen LogP contribution in [0.5, 0.6) is 0 Å². The van der Waals surface area contributed by atoms with Crippen molar-refractivity contribution < 1.29 is 0 Å². The Morgan fingerprint density at radius 1 is 1.25 bits per heavy atom. The van der Waals surface area contributed by atoms with Crippen LogP contribution >= 0.6 is 11.8 Å². The SMILES string of the molecule is CCCCC(C)(CC)C1=NNC(SC)=NN1. The molecular formula is C11H22N4S. The van der Waals surface area contributed by atoms with Crippen molar-refractivity contribution in [1.29, 1.82) is 0 Å². The Morgan fingerprint density at radius 2 is 2.00 bits per heavy atom. The Balaban J connectivity index is 2.64. The van der Waals surface area contributed by atoms with Gasteiger partial charge in [-0.1, -0.05) is 45.4 Å². The maximum absolute atomic E-state index is 4.38. The highest BCUT2D eigenvalue weighted by Gasteiger charge is 2.30. The van der Waals surface area contributed by atoms with Gasteiger partial charge in [-0.15, -0.1) is 5.10 Å². The first-order chi connectivity index (χ1) is 7.66. The van der Waals surface area contributed by atoms with Crippen molar-refractivity contribution in [2.75, 3.05) is 6.26 Å². The molecule has 1 unspecified atom stereocenters. The summed E-state index contributed by atoms with van der Waals surface area (Å²) in [6.07, 6.45) is 6.65. The molecule has 0 amide bonds. The van der Waals surface area contributed by atoms with Gasteiger partial charge in [0.05, 0.1) is 0 Å². The maximum Gasteiger partial charge on any atom is 0.200 e. The number of hydrogen-bond donors (Lipinski definition) is 2. The van der Waals surface area contributed by atoms with E-state index in [2.05, 4.69) is 41.8 Å². The van der Waals surface area contributed by atoms with Gasteiger partial charge in [0, 0.05) is 5.41 Å². The molecule has 0 saturated carbocycles. The molecule has 1 rings (SSSR count). The number of thioether (sulfide) groups is 1. The third kappa shape index (κ3) is 3.14. The number of nitrogens with zero attached hydrogens (tertiary/aromatic N) is 2. The van der Waals surface area contributed by atoms with Crippen LogP contribution in [0, 0.1) is 5.41 Å². The van der Waals surface area contributed by atoms with E-state index in [1.54, 1.807) is 11.8 Å². The Kier molecular flexibility index (Phi) is 5.12. The monoisotopic (exact) mass is 242 g/mol. The molecule has 92 valence electrons. The molecule has 1 heterocycles.